The Hall–Kier alpha value is -2.43. The maximum atomic E-state index is 12.2. The van der Waals surface area contributed by atoms with Crippen LogP contribution < -0.4 is 10.6 Å². The number of amides is 1. The van der Waals surface area contributed by atoms with Gasteiger partial charge in [0.05, 0.1) is 11.9 Å². The minimum absolute atomic E-state index is 0.105. The van der Waals surface area contributed by atoms with Gasteiger partial charge in [0.15, 0.2) is 0 Å². The van der Waals surface area contributed by atoms with Gasteiger partial charge in [0, 0.05) is 24.9 Å². The highest BCUT2D eigenvalue weighted by molar-refractivity contribution is 5.91. The van der Waals surface area contributed by atoms with Gasteiger partial charge in [-0.05, 0) is 36.6 Å². The average molecular weight is 310 g/mol. The van der Waals surface area contributed by atoms with E-state index in [0.29, 0.717) is 12.4 Å². The van der Waals surface area contributed by atoms with Crippen LogP contribution >= 0.6 is 0 Å². The molecule has 3 rings (SSSR count). The van der Waals surface area contributed by atoms with Gasteiger partial charge in [0.25, 0.3) is 0 Å². The predicted molar refractivity (Wildman–Crippen MR) is 91.0 cm³/mol. The summed E-state index contributed by atoms with van der Waals surface area (Å²) in [5.74, 6) is 0.870. The Labute approximate surface area is 136 Å². The van der Waals surface area contributed by atoms with E-state index < -0.39 is 0 Å². The first kappa shape index (κ1) is 15.5. The predicted octanol–water partition coefficient (Wildman–Crippen LogP) is 3.61. The number of rotatable bonds is 5. The number of anilines is 2. The third-order valence-corrected chi connectivity index (χ3v) is 4.21. The molecule has 1 fully saturated rings. The van der Waals surface area contributed by atoms with Crippen molar-refractivity contribution in [1.29, 1.82) is 0 Å². The Bertz CT molecular complexity index is 621. The Morgan fingerprint density at radius 3 is 2.70 bits per heavy atom. The van der Waals surface area contributed by atoms with E-state index in [1.54, 1.807) is 12.4 Å². The monoisotopic (exact) mass is 310 g/mol. The van der Waals surface area contributed by atoms with Crippen LogP contribution in [0.5, 0.6) is 0 Å². The van der Waals surface area contributed by atoms with Crippen LogP contribution in [-0.4, -0.2) is 15.9 Å². The zero-order chi connectivity index (χ0) is 15.9. The van der Waals surface area contributed by atoms with Crippen molar-refractivity contribution in [2.24, 2.45) is 5.92 Å². The van der Waals surface area contributed by atoms with Crippen molar-refractivity contribution >= 4 is 17.4 Å². The first-order valence-corrected chi connectivity index (χ1v) is 8.21. The first-order chi connectivity index (χ1) is 11.3. The fraction of sp³-hybridized carbons (Fsp3) is 0.389. The summed E-state index contributed by atoms with van der Waals surface area (Å²) >= 11 is 0. The van der Waals surface area contributed by atoms with Crippen molar-refractivity contribution in [3.05, 3.63) is 48.4 Å². The van der Waals surface area contributed by atoms with Gasteiger partial charge in [-0.2, -0.15) is 0 Å². The molecular formula is C18H22N4O. The molecule has 1 aliphatic carbocycles. The van der Waals surface area contributed by atoms with E-state index in [2.05, 4.69) is 20.6 Å². The van der Waals surface area contributed by atoms with Crippen molar-refractivity contribution in [2.45, 2.75) is 38.6 Å². The van der Waals surface area contributed by atoms with Crippen LogP contribution in [0.3, 0.4) is 0 Å². The topological polar surface area (TPSA) is 66.9 Å². The quantitative estimate of drug-likeness (QED) is 0.885. The molecule has 1 aliphatic rings. The summed E-state index contributed by atoms with van der Waals surface area (Å²) in [7, 11) is 0. The third-order valence-electron chi connectivity index (χ3n) is 4.21. The standard InChI is InChI=1S/C18H22N4O/c23-18(15-6-2-1-3-7-15)22-17-9-8-16(13-21-17)20-12-14-5-4-10-19-11-14/h4-5,8-11,13,15,20H,1-3,6-7,12H2,(H,21,22,23). The number of carbonyl (C=O) groups excluding carboxylic acids is 1. The number of aromatic nitrogens is 2. The van der Waals surface area contributed by atoms with Crippen LogP contribution in [0.1, 0.15) is 37.7 Å². The number of hydrogen-bond donors (Lipinski definition) is 2. The lowest BCUT2D eigenvalue weighted by atomic mass is 9.89. The van der Waals surface area contributed by atoms with E-state index in [0.717, 1.165) is 36.9 Å². The second kappa shape index (κ2) is 7.72. The molecule has 0 bridgehead atoms. The van der Waals surface area contributed by atoms with Crippen molar-refractivity contribution < 1.29 is 4.79 Å². The molecule has 23 heavy (non-hydrogen) atoms. The second-order valence-electron chi connectivity index (χ2n) is 5.97. The molecule has 2 N–H and O–H groups in total. The molecule has 2 aromatic heterocycles. The molecule has 0 spiro atoms. The number of pyridine rings is 2. The van der Waals surface area contributed by atoms with Crippen molar-refractivity contribution in [2.75, 3.05) is 10.6 Å². The SMILES string of the molecule is O=C(Nc1ccc(NCc2cccnc2)cn1)C1CCCCC1. The average Bonchev–Trinajstić information content (AvgIpc) is 2.63. The molecule has 0 unspecified atom stereocenters. The lowest BCUT2D eigenvalue weighted by Crippen LogP contribution is -2.25. The first-order valence-electron chi connectivity index (χ1n) is 8.21. The molecule has 0 aliphatic heterocycles. The van der Waals surface area contributed by atoms with Crippen LogP contribution in [0.25, 0.3) is 0 Å². The van der Waals surface area contributed by atoms with Gasteiger partial charge >= 0.3 is 0 Å². The molecule has 0 saturated heterocycles. The molecule has 0 radical (unpaired) electrons. The normalized spacial score (nSPS) is 15.1. The van der Waals surface area contributed by atoms with E-state index in [9.17, 15) is 4.79 Å². The van der Waals surface area contributed by atoms with Gasteiger partial charge in [-0.25, -0.2) is 4.98 Å². The lowest BCUT2D eigenvalue weighted by molar-refractivity contribution is -0.120. The van der Waals surface area contributed by atoms with E-state index in [1.807, 2.05) is 30.5 Å². The van der Waals surface area contributed by atoms with Crippen LogP contribution in [-0.2, 0) is 11.3 Å². The largest absolute Gasteiger partial charge is 0.380 e. The van der Waals surface area contributed by atoms with Gasteiger partial charge in [-0.3, -0.25) is 9.78 Å². The van der Waals surface area contributed by atoms with Crippen molar-refractivity contribution in [3.63, 3.8) is 0 Å². The van der Waals surface area contributed by atoms with E-state index in [1.165, 1.54) is 6.42 Å². The summed E-state index contributed by atoms with van der Waals surface area (Å²) in [5, 5.41) is 6.21. The van der Waals surface area contributed by atoms with Gasteiger partial charge in [-0.15, -0.1) is 0 Å². The summed E-state index contributed by atoms with van der Waals surface area (Å²) in [6.45, 7) is 0.698. The van der Waals surface area contributed by atoms with E-state index in [-0.39, 0.29) is 11.8 Å². The maximum absolute atomic E-state index is 12.2. The fourth-order valence-corrected chi connectivity index (χ4v) is 2.87. The van der Waals surface area contributed by atoms with Crippen molar-refractivity contribution in [1.82, 2.24) is 9.97 Å². The van der Waals surface area contributed by atoms with Gasteiger partial charge < -0.3 is 10.6 Å². The number of hydrogen-bond acceptors (Lipinski definition) is 4. The Kier molecular flexibility index (Phi) is 5.19. The highest BCUT2D eigenvalue weighted by atomic mass is 16.1. The molecule has 1 amide bonds. The molecule has 0 aromatic carbocycles. The third kappa shape index (κ3) is 4.52. The Morgan fingerprint density at radius 2 is 2.00 bits per heavy atom. The summed E-state index contributed by atoms with van der Waals surface area (Å²) in [6, 6.07) is 7.71. The minimum atomic E-state index is 0.105. The molecule has 120 valence electrons. The highest BCUT2D eigenvalue weighted by Gasteiger charge is 2.21. The number of nitrogens with zero attached hydrogens (tertiary/aromatic N) is 2. The lowest BCUT2D eigenvalue weighted by Gasteiger charge is -2.20. The summed E-state index contributed by atoms with van der Waals surface area (Å²) < 4.78 is 0. The number of carbonyl (C=O) groups is 1. The minimum Gasteiger partial charge on any atom is -0.380 e. The molecule has 2 aromatic rings. The Balaban J connectivity index is 1.51. The molecule has 1 saturated carbocycles. The van der Waals surface area contributed by atoms with E-state index >= 15 is 0 Å². The summed E-state index contributed by atoms with van der Waals surface area (Å²) in [6.07, 6.45) is 10.9. The van der Waals surface area contributed by atoms with Crippen LogP contribution in [0.4, 0.5) is 11.5 Å². The van der Waals surface area contributed by atoms with Crippen LogP contribution in [0, 0.1) is 5.92 Å². The van der Waals surface area contributed by atoms with Gasteiger partial charge in [0.1, 0.15) is 5.82 Å². The Morgan fingerprint density at radius 1 is 1.13 bits per heavy atom. The molecule has 5 heteroatoms. The molecule has 5 nitrogen and oxygen atoms in total. The van der Waals surface area contributed by atoms with Crippen molar-refractivity contribution in [3.8, 4) is 0 Å². The molecular weight excluding hydrogens is 288 g/mol. The van der Waals surface area contributed by atoms with Crippen LogP contribution in [0.2, 0.25) is 0 Å². The van der Waals surface area contributed by atoms with Gasteiger partial charge in [-0.1, -0.05) is 25.3 Å². The summed E-state index contributed by atoms with van der Waals surface area (Å²) in [4.78, 5) is 20.6. The van der Waals surface area contributed by atoms with Crippen LogP contribution in [0.15, 0.2) is 42.9 Å². The fourth-order valence-electron chi connectivity index (χ4n) is 2.87. The molecule has 0 atom stereocenters. The van der Waals surface area contributed by atoms with Gasteiger partial charge in [0.2, 0.25) is 5.91 Å². The highest BCUT2D eigenvalue weighted by Crippen LogP contribution is 2.24. The number of nitrogens with one attached hydrogen (secondary N) is 2. The molecule has 2 heterocycles. The zero-order valence-electron chi connectivity index (χ0n) is 13.2. The maximum Gasteiger partial charge on any atom is 0.228 e. The zero-order valence-corrected chi connectivity index (χ0v) is 13.2. The smallest absolute Gasteiger partial charge is 0.228 e. The van der Waals surface area contributed by atoms with E-state index in [4.69, 9.17) is 0 Å². The second-order valence-corrected chi connectivity index (χ2v) is 5.97. The summed E-state index contributed by atoms with van der Waals surface area (Å²) in [5.41, 5.74) is 2.03.